The first kappa shape index (κ1) is 13.8. The van der Waals surface area contributed by atoms with Gasteiger partial charge in [0.1, 0.15) is 0 Å². The van der Waals surface area contributed by atoms with Gasteiger partial charge in [0.2, 0.25) is 0 Å². The first-order chi connectivity index (χ1) is 8.97. The zero-order chi connectivity index (χ0) is 14.0. The second kappa shape index (κ2) is 5.54. The average Bonchev–Trinajstić information content (AvgIpc) is 2.33. The van der Waals surface area contributed by atoms with E-state index in [1.54, 1.807) is 0 Å². The molecule has 2 aromatic carbocycles. The van der Waals surface area contributed by atoms with Crippen molar-refractivity contribution < 1.29 is 0 Å². The lowest BCUT2D eigenvalue weighted by Gasteiger charge is -2.22. The molecule has 0 aromatic heterocycles. The van der Waals surface area contributed by atoms with Gasteiger partial charge in [-0.15, -0.1) is 0 Å². The van der Waals surface area contributed by atoms with E-state index >= 15 is 0 Å². The smallest absolute Gasteiger partial charge is 0.0447 e. The van der Waals surface area contributed by atoms with Gasteiger partial charge in [-0.25, -0.2) is 0 Å². The highest BCUT2D eigenvalue weighted by molar-refractivity contribution is 6.30. The molecule has 100 valence electrons. The van der Waals surface area contributed by atoms with Crippen molar-refractivity contribution in [3.63, 3.8) is 0 Å². The highest BCUT2D eigenvalue weighted by Gasteiger charge is 2.08. The minimum Gasteiger partial charge on any atom is -0.398 e. The fourth-order valence-electron chi connectivity index (χ4n) is 2.29. The Morgan fingerprint density at radius 3 is 2.53 bits per heavy atom. The summed E-state index contributed by atoms with van der Waals surface area (Å²) < 4.78 is 0. The molecule has 2 N–H and O–H groups in total. The molecule has 2 aromatic rings. The Labute approximate surface area is 119 Å². The Morgan fingerprint density at radius 1 is 1.11 bits per heavy atom. The summed E-state index contributed by atoms with van der Waals surface area (Å²) in [7, 11) is 2.07. The molecule has 0 bridgehead atoms. The van der Waals surface area contributed by atoms with E-state index in [-0.39, 0.29) is 0 Å². The SMILES string of the molecule is Cc1ccc(N(C)Cc2cc(Cl)ccc2N)c(C)c1. The summed E-state index contributed by atoms with van der Waals surface area (Å²) >= 11 is 6.02. The van der Waals surface area contributed by atoms with E-state index in [4.69, 9.17) is 17.3 Å². The molecule has 0 aliphatic rings. The van der Waals surface area contributed by atoms with Crippen molar-refractivity contribution >= 4 is 23.0 Å². The van der Waals surface area contributed by atoms with Crippen LogP contribution in [0, 0.1) is 13.8 Å². The van der Waals surface area contributed by atoms with Gasteiger partial charge in [0.25, 0.3) is 0 Å². The predicted molar refractivity (Wildman–Crippen MR) is 83.9 cm³/mol. The summed E-state index contributed by atoms with van der Waals surface area (Å²) in [5, 5.41) is 0.721. The van der Waals surface area contributed by atoms with Gasteiger partial charge in [-0.05, 0) is 49.2 Å². The summed E-state index contributed by atoms with van der Waals surface area (Å²) in [6.45, 7) is 4.97. The average molecular weight is 275 g/mol. The number of anilines is 2. The van der Waals surface area contributed by atoms with Crippen molar-refractivity contribution in [2.24, 2.45) is 0 Å². The maximum Gasteiger partial charge on any atom is 0.0447 e. The van der Waals surface area contributed by atoms with Crippen molar-refractivity contribution in [2.75, 3.05) is 17.7 Å². The molecule has 0 amide bonds. The molecular weight excluding hydrogens is 256 g/mol. The number of benzene rings is 2. The molecule has 0 heterocycles. The quantitative estimate of drug-likeness (QED) is 0.851. The van der Waals surface area contributed by atoms with Gasteiger partial charge in [-0.1, -0.05) is 29.3 Å². The molecule has 0 aliphatic carbocycles. The first-order valence-electron chi connectivity index (χ1n) is 6.29. The fourth-order valence-corrected chi connectivity index (χ4v) is 2.48. The zero-order valence-corrected chi connectivity index (χ0v) is 12.3. The number of aryl methyl sites for hydroxylation is 2. The normalized spacial score (nSPS) is 10.5. The van der Waals surface area contributed by atoms with Crippen molar-refractivity contribution in [1.82, 2.24) is 0 Å². The molecule has 19 heavy (non-hydrogen) atoms. The van der Waals surface area contributed by atoms with Crippen LogP contribution in [0.5, 0.6) is 0 Å². The van der Waals surface area contributed by atoms with Crippen LogP contribution in [-0.4, -0.2) is 7.05 Å². The molecule has 0 radical (unpaired) electrons. The van der Waals surface area contributed by atoms with Crippen molar-refractivity contribution in [1.29, 1.82) is 0 Å². The molecule has 0 saturated carbocycles. The lowest BCUT2D eigenvalue weighted by molar-refractivity contribution is 0.919. The summed E-state index contributed by atoms with van der Waals surface area (Å²) in [6, 6.07) is 12.1. The van der Waals surface area contributed by atoms with Gasteiger partial charge < -0.3 is 10.6 Å². The minimum atomic E-state index is 0.721. The molecule has 0 aliphatic heterocycles. The molecular formula is C16H19ClN2. The number of halogens is 1. The number of rotatable bonds is 3. The van der Waals surface area contributed by atoms with Gasteiger partial charge >= 0.3 is 0 Å². The molecule has 0 fully saturated rings. The Hall–Kier alpha value is -1.67. The Bertz CT molecular complexity index is 593. The second-order valence-corrected chi connectivity index (χ2v) is 5.43. The molecule has 2 nitrogen and oxygen atoms in total. The topological polar surface area (TPSA) is 29.3 Å². The van der Waals surface area contributed by atoms with Gasteiger partial charge in [-0.3, -0.25) is 0 Å². The molecule has 3 heteroatoms. The minimum absolute atomic E-state index is 0.721. The first-order valence-corrected chi connectivity index (χ1v) is 6.67. The summed E-state index contributed by atoms with van der Waals surface area (Å²) in [6.07, 6.45) is 0. The van der Waals surface area contributed by atoms with Crippen LogP contribution in [0.1, 0.15) is 16.7 Å². The van der Waals surface area contributed by atoms with Crippen LogP contribution in [0.4, 0.5) is 11.4 Å². The van der Waals surface area contributed by atoms with Crippen LogP contribution in [-0.2, 0) is 6.54 Å². The number of hydrogen-bond acceptors (Lipinski definition) is 2. The van der Waals surface area contributed by atoms with Crippen LogP contribution in [0.25, 0.3) is 0 Å². The van der Waals surface area contributed by atoms with E-state index in [9.17, 15) is 0 Å². The van der Waals surface area contributed by atoms with E-state index in [0.29, 0.717) is 0 Å². The largest absolute Gasteiger partial charge is 0.398 e. The predicted octanol–water partition coefficient (Wildman–Crippen LogP) is 4.18. The van der Waals surface area contributed by atoms with E-state index in [2.05, 4.69) is 44.0 Å². The number of nitrogens with two attached hydrogens (primary N) is 1. The number of hydrogen-bond donors (Lipinski definition) is 1. The van der Waals surface area contributed by atoms with E-state index < -0.39 is 0 Å². The fraction of sp³-hybridized carbons (Fsp3) is 0.250. The van der Waals surface area contributed by atoms with Crippen molar-refractivity contribution in [2.45, 2.75) is 20.4 Å². The monoisotopic (exact) mass is 274 g/mol. The standard InChI is InChI=1S/C16H19ClN2/c1-11-4-7-16(12(2)8-11)19(3)10-13-9-14(17)5-6-15(13)18/h4-9H,10,18H2,1-3H3. The highest BCUT2D eigenvalue weighted by atomic mass is 35.5. The lowest BCUT2D eigenvalue weighted by Crippen LogP contribution is -2.18. The van der Waals surface area contributed by atoms with Crippen LogP contribution >= 0.6 is 11.6 Å². The number of nitrogens with zero attached hydrogens (tertiary/aromatic N) is 1. The van der Waals surface area contributed by atoms with Gasteiger partial charge in [0, 0.05) is 30.0 Å². The third-order valence-electron chi connectivity index (χ3n) is 3.28. The molecule has 0 saturated heterocycles. The molecule has 2 rings (SSSR count). The third kappa shape index (κ3) is 3.21. The lowest BCUT2D eigenvalue weighted by atomic mass is 10.1. The van der Waals surface area contributed by atoms with Crippen LogP contribution < -0.4 is 10.6 Å². The maximum absolute atomic E-state index is 6.02. The summed E-state index contributed by atoms with van der Waals surface area (Å²) in [5.41, 5.74) is 11.6. The highest BCUT2D eigenvalue weighted by Crippen LogP contribution is 2.24. The molecule has 0 spiro atoms. The van der Waals surface area contributed by atoms with Crippen LogP contribution in [0.15, 0.2) is 36.4 Å². The van der Waals surface area contributed by atoms with E-state index in [1.807, 2.05) is 18.2 Å². The van der Waals surface area contributed by atoms with E-state index in [0.717, 1.165) is 22.8 Å². The Kier molecular flexibility index (Phi) is 4.01. The Morgan fingerprint density at radius 2 is 1.84 bits per heavy atom. The Balaban J connectivity index is 2.25. The van der Waals surface area contributed by atoms with Gasteiger partial charge in [0.15, 0.2) is 0 Å². The number of nitrogen functional groups attached to an aromatic ring is 1. The van der Waals surface area contributed by atoms with Gasteiger partial charge in [0.05, 0.1) is 0 Å². The molecule has 0 unspecified atom stereocenters. The van der Waals surface area contributed by atoms with Crippen molar-refractivity contribution in [3.8, 4) is 0 Å². The maximum atomic E-state index is 6.02. The third-order valence-corrected chi connectivity index (χ3v) is 3.51. The van der Waals surface area contributed by atoms with E-state index in [1.165, 1.54) is 16.8 Å². The summed E-state index contributed by atoms with van der Waals surface area (Å²) in [5.74, 6) is 0. The van der Waals surface area contributed by atoms with Crippen LogP contribution in [0.2, 0.25) is 5.02 Å². The molecule has 0 atom stereocenters. The van der Waals surface area contributed by atoms with Crippen molar-refractivity contribution in [3.05, 3.63) is 58.1 Å². The zero-order valence-electron chi connectivity index (χ0n) is 11.6. The van der Waals surface area contributed by atoms with Gasteiger partial charge in [-0.2, -0.15) is 0 Å². The second-order valence-electron chi connectivity index (χ2n) is 4.99. The summed E-state index contributed by atoms with van der Waals surface area (Å²) in [4.78, 5) is 2.19. The van der Waals surface area contributed by atoms with Crippen LogP contribution in [0.3, 0.4) is 0 Å².